The fraction of sp³-hybridized carbons (Fsp3) is 0.250. The van der Waals surface area contributed by atoms with Crippen molar-refractivity contribution in [2.45, 2.75) is 23.8 Å². The highest BCUT2D eigenvalue weighted by molar-refractivity contribution is 7.89. The molecular formula is C24H27N5O4S. The lowest BCUT2D eigenvalue weighted by Crippen LogP contribution is -2.33. The van der Waals surface area contributed by atoms with Gasteiger partial charge in [0.15, 0.2) is 0 Å². The van der Waals surface area contributed by atoms with Crippen molar-refractivity contribution in [1.82, 2.24) is 9.47 Å². The summed E-state index contributed by atoms with van der Waals surface area (Å²) in [6.45, 7) is 1.16. The summed E-state index contributed by atoms with van der Waals surface area (Å²) in [7, 11) is -1.85. The number of rotatable bonds is 7. The largest absolute Gasteiger partial charge is 0.353 e. The van der Waals surface area contributed by atoms with Crippen LogP contribution in [0.2, 0.25) is 0 Å². The number of anilines is 2. The zero-order chi connectivity index (χ0) is 24.3. The number of nitrogens with two attached hydrogens (primary N) is 1. The van der Waals surface area contributed by atoms with E-state index >= 15 is 0 Å². The smallest absolute Gasteiger partial charge is 0.255 e. The van der Waals surface area contributed by atoms with Gasteiger partial charge in [0.25, 0.3) is 5.91 Å². The number of sulfonamides is 1. The van der Waals surface area contributed by atoms with Gasteiger partial charge in [0, 0.05) is 35.9 Å². The maximum absolute atomic E-state index is 12.6. The highest BCUT2D eigenvalue weighted by atomic mass is 32.2. The third-order valence-electron chi connectivity index (χ3n) is 5.89. The number of likely N-dealkylation sites (tertiary alicyclic amines) is 1. The summed E-state index contributed by atoms with van der Waals surface area (Å²) in [5.74, 6) is -0.523. The summed E-state index contributed by atoms with van der Waals surface area (Å²) >= 11 is 0. The minimum Gasteiger partial charge on any atom is -0.353 e. The predicted molar refractivity (Wildman–Crippen MR) is 130 cm³/mol. The molecule has 4 rings (SSSR count). The van der Waals surface area contributed by atoms with Gasteiger partial charge in [0.2, 0.25) is 15.9 Å². The molecule has 1 aliphatic heterocycles. The number of carbonyl (C=O) groups is 2. The molecule has 0 saturated carbocycles. The van der Waals surface area contributed by atoms with E-state index in [0.717, 1.165) is 19.4 Å². The second-order valence-electron chi connectivity index (χ2n) is 8.32. The van der Waals surface area contributed by atoms with E-state index < -0.39 is 15.9 Å². The van der Waals surface area contributed by atoms with Crippen molar-refractivity contribution in [2.24, 2.45) is 12.2 Å². The third-order valence-corrected chi connectivity index (χ3v) is 6.80. The molecule has 9 nitrogen and oxygen atoms in total. The molecule has 0 spiro atoms. The van der Waals surface area contributed by atoms with Crippen LogP contribution in [0.1, 0.15) is 34.9 Å². The van der Waals surface area contributed by atoms with Crippen molar-refractivity contribution >= 4 is 33.2 Å². The second kappa shape index (κ2) is 9.80. The van der Waals surface area contributed by atoms with Gasteiger partial charge in [0.05, 0.1) is 17.5 Å². The Bertz CT molecular complexity index is 1300. The number of amides is 2. The molecule has 1 atom stereocenters. The van der Waals surface area contributed by atoms with Gasteiger partial charge in [-0.1, -0.05) is 6.07 Å². The van der Waals surface area contributed by atoms with Crippen molar-refractivity contribution in [1.29, 1.82) is 0 Å². The molecule has 2 aromatic carbocycles. The van der Waals surface area contributed by atoms with Crippen molar-refractivity contribution < 1.29 is 18.0 Å². The summed E-state index contributed by atoms with van der Waals surface area (Å²) < 4.78 is 25.1. The summed E-state index contributed by atoms with van der Waals surface area (Å²) in [5, 5.41) is 10.7. The van der Waals surface area contributed by atoms with Crippen molar-refractivity contribution in [3.63, 3.8) is 0 Å². The van der Waals surface area contributed by atoms with E-state index in [9.17, 15) is 18.0 Å². The molecular weight excluding hydrogens is 454 g/mol. The maximum Gasteiger partial charge on any atom is 0.255 e. The highest BCUT2D eigenvalue weighted by Crippen LogP contribution is 2.31. The fourth-order valence-electron chi connectivity index (χ4n) is 4.21. The first-order chi connectivity index (χ1) is 16.2. The van der Waals surface area contributed by atoms with Gasteiger partial charge in [-0.3, -0.25) is 14.5 Å². The lowest BCUT2D eigenvalue weighted by Gasteiger charge is -2.24. The molecule has 4 N–H and O–H groups in total. The zero-order valence-corrected chi connectivity index (χ0v) is 19.6. The minimum atomic E-state index is -3.87. The Morgan fingerprint density at radius 2 is 1.79 bits per heavy atom. The number of benzene rings is 2. The molecule has 1 aliphatic rings. The van der Waals surface area contributed by atoms with Crippen LogP contribution in [0.3, 0.4) is 0 Å². The molecule has 0 bridgehead atoms. The summed E-state index contributed by atoms with van der Waals surface area (Å²) in [5.41, 5.74) is 2.47. The number of aromatic nitrogens is 1. The monoisotopic (exact) mass is 481 g/mol. The van der Waals surface area contributed by atoms with Crippen molar-refractivity contribution in [3.05, 3.63) is 78.1 Å². The van der Waals surface area contributed by atoms with E-state index in [0.29, 0.717) is 23.5 Å². The van der Waals surface area contributed by atoms with Crippen LogP contribution in [0.5, 0.6) is 0 Å². The van der Waals surface area contributed by atoms with Crippen molar-refractivity contribution in [3.8, 4) is 0 Å². The molecule has 1 aromatic heterocycles. The van der Waals surface area contributed by atoms with Crippen molar-refractivity contribution in [2.75, 3.05) is 23.7 Å². The molecule has 10 heteroatoms. The zero-order valence-electron chi connectivity index (χ0n) is 18.8. The lowest BCUT2D eigenvalue weighted by atomic mass is 10.1. The first kappa shape index (κ1) is 23.7. The average Bonchev–Trinajstić information content (AvgIpc) is 3.42. The second-order valence-corrected chi connectivity index (χ2v) is 9.89. The number of nitrogens with one attached hydrogen (secondary N) is 2. The lowest BCUT2D eigenvalue weighted by molar-refractivity contribution is -0.117. The molecule has 178 valence electrons. The fourth-order valence-corrected chi connectivity index (χ4v) is 4.77. The Morgan fingerprint density at radius 1 is 1.03 bits per heavy atom. The first-order valence-electron chi connectivity index (χ1n) is 10.9. The van der Waals surface area contributed by atoms with E-state index in [4.69, 9.17) is 5.14 Å². The molecule has 2 heterocycles. The summed E-state index contributed by atoms with van der Waals surface area (Å²) in [6.07, 6.45) is 4.09. The molecule has 1 saturated heterocycles. The number of aryl methyl sites for hydroxylation is 1. The molecule has 0 radical (unpaired) electrons. The Balaban J connectivity index is 1.35. The van der Waals surface area contributed by atoms with E-state index in [1.807, 2.05) is 19.3 Å². The number of hydrogen-bond acceptors (Lipinski definition) is 5. The van der Waals surface area contributed by atoms with Gasteiger partial charge in [0.1, 0.15) is 0 Å². The average molecular weight is 482 g/mol. The minimum absolute atomic E-state index is 0.0873. The highest BCUT2D eigenvalue weighted by Gasteiger charge is 2.29. The number of hydrogen-bond donors (Lipinski definition) is 3. The Kier molecular flexibility index (Phi) is 6.82. The summed E-state index contributed by atoms with van der Waals surface area (Å²) in [4.78, 5) is 27.3. The van der Waals surface area contributed by atoms with Gasteiger partial charge < -0.3 is 15.2 Å². The normalized spacial score (nSPS) is 16.4. The number of primary sulfonamides is 1. The molecule has 0 unspecified atom stereocenters. The molecule has 2 amide bonds. The summed E-state index contributed by atoms with van der Waals surface area (Å²) in [6, 6.07) is 16.6. The van der Waals surface area contributed by atoms with Gasteiger partial charge in [-0.2, -0.15) is 0 Å². The standard InChI is InChI=1S/C24H27N5O4S/c1-28-13-3-7-21(28)22-8-4-14-29(22)16-23(30)26-18-11-9-17(10-12-18)24(31)27-19-5-2-6-20(15-19)34(25,32)33/h2-3,5-7,9-13,15,22H,4,8,14,16H2,1H3,(H,26,30)(H,27,31)(H2,25,32,33)/t22-/m0/s1. The SMILES string of the molecule is Cn1cccc1[C@@H]1CCCN1CC(=O)Nc1ccc(C(=O)Nc2cccc(S(N)(=O)=O)c2)cc1. The predicted octanol–water partition coefficient (Wildman–Crippen LogP) is 2.70. The van der Waals surface area contributed by atoms with Crippen LogP contribution in [0.25, 0.3) is 0 Å². The van der Waals surface area contributed by atoms with Crippen LogP contribution in [0.15, 0.2) is 71.8 Å². The van der Waals surface area contributed by atoms with Crippen LogP contribution in [0, 0.1) is 0 Å². The Morgan fingerprint density at radius 3 is 2.47 bits per heavy atom. The topological polar surface area (TPSA) is 127 Å². The Labute approximate surface area is 198 Å². The van der Waals surface area contributed by atoms with Gasteiger partial charge >= 0.3 is 0 Å². The quantitative estimate of drug-likeness (QED) is 0.478. The number of carbonyl (C=O) groups excluding carboxylic acids is 2. The van der Waals surface area contributed by atoms with Crippen LogP contribution >= 0.6 is 0 Å². The van der Waals surface area contributed by atoms with E-state index in [1.165, 1.54) is 23.9 Å². The molecule has 0 aliphatic carbocycles. The maximum atomic E-state index is 12.6. The third kappa shape index (κ3) is 5.53. The van der Waals surface area contributed by atoms with Gasteiger partial charge in [-0.25, -0.2) is 13.6 Å². The van der Waals surface area contributed by atoms with E-state index in [2.05, 4.69) is 26.2 Å². The first-order valence-corrected chi connectivity index (χ1v) is 12.4. The number of nitrogens with zero attached hydrogens (tertiary/aromatic N) is 2. The van der Waals surface area contributed by atoms with E-state index in [-0.39, 0.29) is 16.8 Å². The van der Waals surface area contributed by atoms with E-state index in [1.54, 1.807) is 30.3 Å². The Hall–Kier alpha value is -3.47. The molecule has 34 heavy (non-hydrogen) atoms. The van der Waals surface area contributed by atoms with Crippen LogP contribution in [0.4, 0.5) is 11.4 Å². The molecule has 3 aromatic rings. The van der Waals surface area contributed by atoms with Crippen LogP contribution < -0.4 is 15.8 Å². The van der Waals surface area contributed by atoms with Gasteiger partial charge in [-0.15, -0.1) is 0 Å². The van der Waals surface area contributed by atoms with Crippen LogP contribution in [-0.2, 0) is 21.9 Å². The molecule has 1 fully saturated rings. The van der Waals surface area contributed by atoms with Crippen LogP contribution in [-0.4, -0.2) is 42.8 Å². The van der Waals surface area contributed by atoms with Gasteiger partial charge in [-0.05, 0) is 74.0 Å².